The minimum atomic E-state index is -2.60. The molecule has 144 valence electrons. The Morgan fingerprint density at radius 1 is 1.00 bits per heavy atom. The van der Waals surface area contributed by atoms with Crippen LogP contribution in [0.15, 0.2) is 60.7 Å². The van der Waals surface area contributed by atoms with E-state index in [2.05, 4.69) is 69.3 Å². The highest BCUT2D eigenvalue weighted by Gasteiger charge is 2.68. The molecular weight excluding hydrogens is 352 g/mol. The van der Waals surface area contributed by atoms with Crippen molar-refractivity contribution >= 4 is 18.7 Å². The zero-order valence-corrected chi connectivity index (χ0v) is 17.4. The number of aliphatic hydroxyl groups is 2. The fraction of sp³-hybridized carbons (Fsp3) is 0.478. The van der Waals surface area contributed by atoms with Crippen molar-refractivity contribution in [2.45, 2.75) is 50.9 Å². The quantitative estimate of drug-likeness (QED) is 0.782. The van der Waals surface area contributed by atoms with E-state index in [9.17, 15) is 10.2 Å². The maximum Gasteiger partial charge on any atom is 0.261 e. The standard InChI is InChI=1S/C23H30O3Si/c1-22(2,3)27(17-10-6-4-7-11-17,18-12-8-5-9-13-18)26-20-14-21(25)23(16-24)15-19(20)23/h4-13,19-21,24-25H,14-16H2,1-3H3. The summed E-state index contributed by atoms with van der Waals surface area (Å²) in [6.45, 7) is 6.88. The molecule has 2 saturated carbocycles. The average Bonchev–Trinajstić information content (AvgIpc) is 3.36. The fourth-order valence-corrected chi connectivity index (χ4v) is 9.92. The number of rotatable bonds is 5. The topological polar surface area (TPSA) is 49.7 Å². The van der Waals surface area contributed by atoms with Crippen LogP contribution in [-0.2, 0) is 4.43 Å². The number of benzene rings is 2. The average molecular weight is 383 g/mol. The van der Waals surface area contributed by atoms with Gasteiger partial charge in [0.2, 0.25) is 0 Å². The summed E-state index contributed by atoms with van der Waals surface area (Å²) in [5.74, 6) is 0.263. The van der Waals surface area contributed by atoms with E-state index in [1.807, 2.05) is 12.1 Å². The van der Waals surface area contributed by atoms with Crippen molar-refractivity contribution in [1.82, 2.24) is 0 Å². The zero-order chi connectivity index (χ0) is 19.3. The Kier molecular flexibility index (Phi) is 4.58. The molecule has 2 aliphatic carbocycles. The molecule has 0 aromatic heterocycles. The predicted molar refractivity (Wildman–Crippen MR) is 111 cm³/mol. The van der Waals surface area contributed by atoms with Crippen LogP contribution in [0.2, 0.25) is 5.04 Å². The molecule has 3 nitrogen and oxygen atoms in total. The van der Waals surface area contributed by atoms with Crippen molar-refractivity contribution in [3.8, 4) is 0 Å². The zero-order valence-electron chi connectivity index (χ0n) is 16.4. The SMILES string of the molecule is CC(C)(C)[Si](OC1CC(O)C2(CO)CC12)(c1ccccc1)c1ccccc1. The lowest BCUT2D eigenvalue weighted by atomic mass is 10.0. The Morgan fingerprint density at radius 2 is 1.52 bits per heavy atom. The van der Waals surface area contributed by atoms with Gasteiger partial charge in [-0.15, -0.1) is 0 Å². The first-order chi connectivity index (χ1) is 12.8. The van der Waals surface area contributed by atoms with Gasteiger partial charge in [-0.3, -0.25) is 0 Å². The van der Waals surface area contributed by atoms with Crippen LogP contribution in [0, 0.1) is 11.3 Å². The van der Waals surface area contributed by atoms with E-state index >= 15 is 0 Å². The number of fused-ring (bicyclic) bond motifs is 1. The summed E-state index contributed by atoms with van der Waals surface area (Å²) in [7, 11) is -2.60. The first-order valence-electron chi connectivity index (χ1n) is 9.93. The molecule has 4 atom stereocenters. The smallest absolute Gasteiger partial charge is 0.261 e. The second-order valence-electron chi connectivity index (χ2n) is 9.27. The summed E-state index contributed by atoms with van der Waals surface area (Å²) in [6, 6.07) is 21.2. The molecule has 2 aliphatic rings. The van der Waals surface area contributed by atoms with Crippen molar-refractivity contribution in [3.63, 3.8) is 0 Å². The molecule has 0 radical (unpaired) electrons. The van der Waals surface area contributed by atoms with E-state index in [1.54, 1.807) is 0 Å². The van der Waals surface area contributed by atoms with Gasteiger partial charge < -0.3 is 14.6 Å². The fourth-order valence-electron chi connectivity index (χ4n) is 5.19. The molecule has 2 fully saturated rings. The van der Waals surface area contributed by atoms with Gasteiger partial charge in [-0.2, -0.15) is 0 Å². The van der Waals surface area contributed by atoms with E-state index in [0.29, 0.717) is 6.42 Å². The van der Waals surface area contributed by atoms with Gasteiger partial charge in [0.25, 0.3) is 8.32 Å². The van der Waals surface area contributed by atoms with Crippen LogP contribution >= 0.6 is 0 Å². The second kappa shape index (κ2) is 6.56. The van der Waals surface area contributed by atoms with E-state index in [1.165, 1.54) is 10.4 Å². The van der Waals surface area contributed by atoms with Gasteiger partial charge in [-0.25, -0.2) is 0 Å². The van der Waals surface area contributed by atoms with E-state index in [-0.39, 0.29) is 29.1 Å². The normalized spacial score (nSPS) is 30.2. The maximum absolute atomic E-state index is 10.6. The van der Waals surface area contributed by atoms with Crippen molar-refractivity contribution in [2.24, 2.45) is 11.3 Å². The highest BCUT2D eigenvalue weighted by Crippen LogP contribution is 2.64. The van der Waals surface area contributed by atoms with Gasteiger partial charge in [0.1, 0.15) is 0 Å². The monoisotopic (exact) mass is 382 g/mol. The van der Waals surface area contributed by atoms with Gasteiger partial charge in [0, 0.05) is 5.41 Å². The highest BCUT2D eigenvalue weighted by molar-refractivity contribution is 6.99. The minimum Gasteiger partial charge on any atom is -0.404 e. The molecule has 4 rings (SSSR count). The third-order valence-electron chi connectivity index (χ3n) is 6.79. The Labute approximate surface area is 163 Å². The largest absolute Gasteiger partial charge is 0.404 e. The van der Waals surface area contributed by atoms with Crippen LogP contribution in [0.25, 0.3) is 0 Å². The number of hydrogen-bond acceptors (Lipinski definition) is 3. The Hall–Kier alpha value is -1.46. The number of aliphatic hydroxyl groups excluding tert-OH is 2. The molecule has 4 heteroatoms. The second-order valence-corrected chi connectivity index (χ2v) is 13.5. The molecule has 0 saturated heterocycles. The summed E-state index contributed by atoms with van der Waals surface area (Å²) < 4.78 is 7.15. The first-order valence-corrected chi connectivity index (χ1v) is 11.8. The van der Waals surface area contributed by atoms with E-state index < -0.39 is 14.4 Å². The van der Waals surface area contributed by atoms with Gasteiger partial charge in [0.05, 0.1) is 18.8 Å². The lowest BCUT2D eigenvalue weighted by Gasteiger charge is -2.45. The van der Waals surface area contributed by atoms with Crippen LogP contribution < -0.4 is 10.4 Å². The third kappa shape index (κ3) is 2.82. The Bertz CT molecular complexity index is 747. The summed E-state index contributed by atoms with van der Waals surface area (Å²) in [5.41, 5.74) is -0.323. The van der Waals surface area contributed by atoms with Crippen LogP contribution in [0.5, 0.6) is 0 Å². The van der Waals surface area contributed by atoms with Gasteiger partial charge in [-0.05, 0) is 34.2 Å². The van der Waals surface area contributed by atoms with Gasteiger partial charge >= 0.3 is 0 Å². The highest BCUT2D eigenvalue weighted by atomic mass is 28.4. The lowest BCUT2D eigenvalue weighted by molar-refractivity contribution is 0.0559. The third-order valence-corrected chi connectivity index (χ3v) is 11.8. The maximum atomic E-state index is 10.6. The van der Waals surface area contributed by atoms with Crippen LogP contribution in [0.1, 0.15) is 33.6 Å². The predicted octanol–water partition coefficient (Wildman–Crippen LogP) is 2.69. The molecule has 0 spiro atoms. The summed E-state index contributed by atoms with van der Waals surface area (Å²) in [4.78, 5) is 0. The van der Waals surface area contributed by atoms with Crippen molar-refractivity contribution < 1.29 is 14.6 Å². The Morgan fingerprint density at radius 3 is 1.89 bits per heavy atom. The van der Waals surface area contributed by atoms with Crippen LogP contribution in [0.4, 0.5) is 0 Å². The summed E-state index contributed by atoms with van der Waals surface area (Å²) >= 11 is 0. The van der Waals surface area contributed by atoms with Crippen LogP contribution in [-0.4, -0.2) is 37.3 Å². The lowest BCUT2D eigenvalue weighted by Crippen LogP contribution is -2.67. The minimum absolute atomic E-state index is 0.00143. The van der Waals surface area contributed by atoms with Crippen LogP contribution in [0.3, 0.4) is 0 Å². The first kappa shape index (κ1) is 18.9. The molecule has 2 aromatic carbocycles. The number of hydrogen-bond donors (Lipinski definition) is 2. The van der Waals surface area contributed by atoms with Crippen molar-refractivity contribution in [3.05, 3.63) is 60.7 Å². The summed E-state index contributed by atoms with van der Waals surface area (Å²) in [6.07, 6.45) is 1.03. The molecule has 27 heavy (non-hydrogen) atoms. The summed E-state index contributed by atoms with van der Waals surface area (Å²) in [5, 5.41) is 22.9. The van der Waals surface area contributed by atoms with Crippen molar-refractivity contribution in [1.29, 1.82) is 0 Å². The van der Waals surface area contributed by atoms with E-state index in [0.717, 1.165) is 6.42 Å². The van der Waals surface area contributed by atoms with Gasteiger partial charge in [-0.1, -0.05) is 81.4 Å². The molecule has 2 N–H and O–H groups in total. The molecule has 0 amide bonds. The molecule has 0 bridgehead atoms. The van der Waals surface area contributed by atoms with Gasteiger partial charge in [0.15, 0.2) is 0 Å². The molecule has 0 aliphatic heterocycles. The molecule has 2 aromatic rings. The molecular formula is C23H30O3Si. The van der Waals surface area contributed by atoms with Crippen molar-refractivity contribution in [2.75, 3.05) is 6.61 Å². The molecule has 4 unspecified atom stereocenters. The Balaban J connectivity index is 1.82. The molecule has 0 heterocycles. The van der Waals surface area contributed by atoms with E-state index in [4.69, 9.17) is 4.43 Å².